The summed E-state index contributed by atoms with van der Waals surface area (Å²) in [5, 5.41) is 18.7. The highest BCUT2D eigenvalue weighted by molar-refractivity contribution is 7.92. The molecule has 0 saturated carbocycles. The Morgan fingerprint density at radius 3 is 2.48 bits per heavy atom. The van der Waals surface area contributed by atoms with Crippen molar-refractivity contribution in [3.8, 4) is 6.07 Å². The number of fused-ring (bicyclic) bond motifs is 2. The van der Waals surface area contributed by atoms with Gasteiger partial charge >= 0.3 is 0 Å². The van der Waals surface area contributed by atoms with Crippen molar-refractivity contribution in [1.29, 1.82) is 5.26 Å². The summed E-state index contributed by atoms with van der Waals surface area (Å²) in [6.45, 7) is 0. The zero-order chi connectivity index (χ0) is 15.3. The highest BCUT2D eigenvalue weighted by Gasteiger charge is 2.51. The van der Waals surface area contributed by atoms with Crippen molar-refractivity contribution >= 4 is 9.84 Å². The normalized spacial score (nSPS) is 34.1. The number of aliphatic hydroxyl groups is 1. The number of hydrogen-bond donors (Lipinski definition) is 1. The molecule has 2 aliphatic heterocycles. The minimum Gasteiger partial charge on any atom is -0.385 e. The van der Waals surface area contributed by atoms with E-state index < -0.39 is 31.8 Å². The number of sulfone groups is 1. The molecule has 0 spiro atoms. The van der Waals surface area contributed by atoms with Crippen molar-refractivity contribution in [3.63, 3.8) is 0 Å². The van der Waals surface area contributed by atoms with Gasteiger partial charge in [-0.3, -0.25) is 0 Å². The van der Waals surface area contributed by atoms with Crippen LogP contribution in [0.15, 0.2) is 18.2 Å². The summed E-state index contributed by atoms with van der Waals surface area (Å²) in [4.78, 5) is 0. The van der Waals surface area contributed by atoms with E-state index in [9.17, 15) is 17.9 Å². The first-order valence-electron chi connectivity index (χ1n) is 7.02. The molecule has 2 saturated heterocycles. The Morgan fingerprint density at radius 2 is 1.90 bits per heavy atom. The molecule has 21 heavy (non-hydrogen) atoms. The summed E-state index contributed by atoms with van der Waals surface area (Å²) in [5.41, 5.74) is -0.979. The van der Waals surface area contributed by atoms with Gasteiger partial charge in [0.15, 0.2) is 9.84 Å². The monoisotopic (exact) mass is 309 g/mol. The summed E-state index contributed by atoms with van der Waals surface area (Å²) in [7, 11) is -3.17. The Balaban J connectivity index is 2.01. The highest BCUT2D eigenvalue weighted by Crippen LogP contribution is 2.46. The number of nitrogens with zero attached hydrogens (tertiary/aromatic N) is 1. The molecule has 0 aromatic heterocycles. The fourth-order valence-corrected chi connectivity index (χ4v) is 6.13. The Labute approximate surface area is 123 Å². The average molecular weight is 309 g/mol. The summed E-state index contributed by atoms with van der Waals surface area (Å²) < 4.78 is 38.0. The minimum atomic E-state index is -3.17. The van der Waals surface area contributed by atoms with E-state index in [4.69, 9.17) is 5.26 Å². The highest BCUT2D eigenvalue weighted by atomic mass is 32.2. The average Bonchev–Trinajstić information content (AvgIpc) is 2.41. The lowest BCUT2D eigenvalue weighted by atomic mass is 9.80. The first-order chi connectivity index (χ1) is 9.87. The molecule has 3 rings (SSSR count). The van der Waals surface area contributed by atoms with Gasteiger partial charge in [0.05, 0.1) is 21.7 Å². The summed E-state index contributed by atoms with van der Waals surface area (Å²) in [5.74, 6) is -0.631. The molecule has 2 heterocycles. The van der Waals surface area contributed by atoms with Crippen molar-refractivity contribution < 1.29 is 17.9 Å². The molecular weight excluding hydrogens is 293 g/mol. The van der Waals surface area contributed by atoms with Gasteiger partial charge in [-0.05, 0) is 43.4 Å². The predicted octanol–water partition coefficient (Wildman–Crippen LogP) is 2.01. The molecule has 2 fully saturated rings. The Kier molecular flexibility index (Phi) is 3.30. The Hall–Kier alpha value is -1.45. The van der Waals surface area contributed by atoms with Crippen LogP contribution in [0.4, 0.5) is 4.39 Å². The lowest BCUT2D eigenvalue weighted by Crippen LogP contribution is -2.50. The van der Waals surface area contributed by atoms with Crippen molar-refractivity contribution in [2.24, 2.45) is 0 Å². The molecule has 1 N–H and O–H groups in total. The van der Waals surface area contributed by atoms with Crippen LogP contribution in [-0.2, 0) is 15.4 Å². The molecule has 0 amide bonds. The van der Waals surface area contributed by atoms with Crippen LogP contribution in [0.25, 0.3) is 0 Å². The zero-order valence-corrected chi connectivity index (χ0v) is 12.2. The fraction of sp³-hybridized carbons (Fsp3) is 0.533. The topological polar surface area (TPSA) is 78.2 Å². The van der Waals surface area contributed by atoms with Gasteiger partial charge in [0.2, 0.25) is 0 Å². The van der Waals surface area contributed by atoms with Crippen LogP contribution in [0.1, 0.15) is 43.2 Å². The van der Waals surface area contributed by atoms with Crippen molar-refractivity contribution in [1.82, 2.24) is 0 Å². The number of benzene rings is 1. The van der Waals surface area contributed by atoms with Gasteiger partial charge < -0.3 is 5.11 Å². The maximum absolute atomic E-state index is 13.4. The second kappa shape index (κ2) is 4.79. The molecule has 0 radical (unpaired) electrons. The molecule has 1 aromatic rings. The van der Waals surface area contributed by atoms with E-state index in [2.05, 4.69) is 0 Å². The van der Waals surface area contributed by atoms with Gasteiger partial charge in [0, 0.05) is 0 Å². The summed E-state index contributed by atoms with van der Waals surface area (Å²) >= 11 is 0. The lowest BCUT2D eigenvalue weighted by Gasteiger charge is -2.44. The maximum atomic E-state index is 13.4. The maximum Gasteiger partial charge on any atom is 0.156 e. The Bertz CT molecular complexity index is 703. The van der Waals surface area contributed by atoms with E-state index >= 15 is 0 Å². The zero-order valence-electron chi connectivity index (χ0n) is 11.4. The minimum absolute atomic E-state index is 0.125. The lowest BCUT2D eigenvalue weighted by molar-refractivity contribution is 0.00493. The van der Waals surface area contributed by atoms with E-state index in [1.54, 1.807) is 6.07 Å². The van der Waals surface area contributed by atoms with Gasteiger partial charge in [-0.1, -0.05) is 12.5 Å². The fourth-order valence-electron chi connectivity index (χ4n) is 3.58. The van der Waals surface area contributed by atoms with Gasteiger partial charge in [0.25, 0.3) is 0 Å². The quantitative estimate of drug-likeness (QED) is 0.861. The van der Waals surface area contributed by atoms with Crippen LogP contribution in [0.3, 0.4) is 0 Å². The number of halogens is 1. The van der Waals surface area contributed by atoms with Crippen molar-refractivity contribution in [2.75, 3.05) is 0 Å². The second-order valence-electron chi connectivity index (χ2n) is 6.01. The van der Waals surface area contributed by atoms with E-state index in [0.717, 1.165) is 12.5 Å². The molecular formula is C15H16FNO3S. The summed E-state index contributed by atoms with van der Waals surface area (Å²) in [6, 6.07) is 5.70. The van der Waals surface area contributed by atoms with Crippen LogP contribution in [0.5, 0.6) is 0 Å². The third kappa shape index (κ3) is 2.25. The third-order valence-electron chi connectivity index (χ3n) is 4.74. The van der Waals surface area contributed by atoms with Gasteiger partial charge in [-0.2, -0.15) is 5.26 Å². The largest absolute Gasteiger partial charge is 0.385 e. The third-order valence-corrected chi connectivity index (χ3v) is 7.40. The smallest absolute Gasteiger partial charge is 0.156 e. The van der Waals surface area contributed by atoms with Crippen LogP contribution < -0.4 is 0 Å². The first-order valence-corrected chi connectivity index (χ1v) is 8.63. The molecule has 4 nitrogen and oxygen atoms in total. The predicted molar refractivity (Wildman–Crippen MR) is 74.6 cm³/mol. The molecule has 112 valence electrons. The molecule has 1 aromatic carbocycles. The Morgan fingerprint density at radius 1 is 1.29 bits per heavy atom. The van der Waals surface area contributed by atoms with Gasteiger partial charge in [-0.25, -0.2) is 12.8 Å². The van der Waals surface area contributed by atoms with Crippen molar-refractivity contribution in [3.05, 3.63) is 35.1 Å². The van der Waals surface area contributed by atoms with Crippen LogP contribution in [-0.4, -0.2) is 24.0 Å². The van der Waals surface area contributed by atoms with E-state index in [-0.39, 0.29) is 18.4 Å². The summed E-state index contributed by atoms with van der Waals surface area (Å²) in [6.07, 6.45) is 2.24. The molecule has 2 unspecified atom stereocenters. The first kappa shape index (κ1) is 14.5. The van der Waals surface area contributed by atoms with E-state index in [0.29, 0.717) is 18.4 Å². The van der Waals surface area contributed by atoms with E-state index in [1.807, 2.05) is 0 Å². The SMILES string of the molecule is N#Cc1cc(C2(O)CC3CCCC(C2)S3(=O)=O)ccc1F. The van der Waals surface area contributed by atoms with Crippen LogP contribution in [0.2, 0.25) is 0 Å². The second-order valence-corrected chi connectivity index (χ2v) is 8.52. The molecule has 2 aliphatic rings. The molecule has 2 bridgehead atoms. The molecule has 0 aliphatic carbocycles. The molecule has 6 heteroatoms. The standard InChI is InChI=1S/C15H16FNO3S/c16-14-5-4-11(6-10(14)9-17)15(18)7-12-2-1-3-13(8-15)21(12,19)20/h4-6,12-13,18H,1-3,7-8H2. The number of nitriles is 1. The van der Waals surface area contributed by atoms with Gasteiger partial charge in [-0.15, -0.1) is 0 Å². The van der Waals surface area contributed by atoms with Gasteiger partial charge in [0.1, 0.15) is 11.9 Å². The molecule has 2 atom stereocenters. The number of rotatable bonds is 1. The number of hydrogen-bond acceptors (Lipinski definition) is 4. The van der Waals surface area contributed by atoms with Crippen molar-refractivity contribution in [2.45, 2.75) is 48.2 Å². The van der Waals surface area contributed by atoms with Crippen LogP contribution >= 0.6 is 0 Å². The van der Waals surface area contributed by atoms with Crippen LogP contribution in [0, 0.1) is 17.1 Å². The van der Waals surface area contributed by atoms with E-state index in [1.165, 1.54) is 12.1 Å².